The minimum absolute atomic E-state index is 0.0108. The molecule has 0 saturated heterocycles. The highest BCUT2D eigenvalue weighted by atomic mass is 32.7. The van der Waals surface area contributed by atoms with E-state index in [9.17, 15) is 9.59 Å². The van der Waals surface area contributed by atoms with E-state index in [1.807, 2.05) is 0 Å². The normalized spacial score (nSPS) is 11.2. The number of thioether (sulfide) groups is 1. The van der Waals surface area contributed by atoms with Crippen LogP contribution in [-0.4, -0.2) is 91.9 Å². The number of anilines is 1. The van der Waals surface area contributed by atoms with Crippen LogP contribution in [-0.2, 0) is 20.4 Å². The lowest BCUT2D eigenvalue weighted by Crippen LogP contribution is -2.31. The van der Waals surface area contributed by atoms with Crippen molar-refractivity contribution >= 4 is 54.6 Å². The van der Waals surface area contributed by atoms with Gasteiger partial charge in [-0.1, -0.05) is 24.0 Å². The Morgan fingerprint density at radius 3 is 2.62 bits per heavy atom. The van der Waals surface area contributed by atoms with E-state index in [1.165, 1.54) is 18.9 Å². The van der Waals surface area contributed by atoms with E-state index < -0.39 is 13.1 Å². The second kappa shape index (κ2) is 18.0. The highest BCUT2D eigenvalue weighted by Gasteiger charge is 2.15. The summed E-state index contributed by atoms with van der Waals surface area (Å²) in [5, 5.41) is 31.5. The second-order valence-electron chi connectivity index (χ2n) is 5.27. The van der Waals surface area contributed by atoms with Crippen LogP contribution in [0.15, 0.2) is 9.95 Å². The lowest BCUT2D eigenvalue weighted by Gasteiger charge is -2.06. The fourth-order valence-corrected chi connectivity index (χ4v) is 3.46. The van der Waals surface area contributed by atoms with Crippen molar-refractivity contribution in [3.05, 3.63) is 10.4 Å². The van der Waals surface area contributed by atoms with E-state index in [4.69, 9.17) is 36.7 Å². The molecule has 0 aliphatic carbocycles. The number of aromatic nitrogens is 4. The van der Waals surface area contributed by atoms with E-state index >= 15 is 0 Å². The maximum absolute atomic E-state index is 11.8. The molecule has 32 heavy (non-hydrogen) atoms. The number of nitrogens with one attached hydrogen (secondary N) is 2. The summed E-state index contributed by atoms with van der Waals surface area (Å²) in [7, 11) is 0.460. The van der Waals surface area contributed by atoms with Gasteiger partial charge in [0.2, 0.25) is 19.4 Å². The molecule has 0 aromatic carbocycles. The molecule has 15 nitrogen and oxygen atoms in total. The predicted molar refractivity (Wildman–Crippen MR) is 125 cm³/mol. The first-order chi connectivity index (χ1) is 15.4. The molecule has 0 spiro atoms. The molecule has 0 saturated carbocycles. The molecule has 1 atom stereocenters. The van der Waals surface area contributed by atoms with Crippen molar-refractivity contribution < 1.29 is 34.6 Å². The zero-order chi connectivity index (χ0) is 24.5. The summed E-state index contributed by atoms with van der Waals surface area (Å²) in [5.41, 5.74) is 10.8. The monoisotopic (exact) mass is 518 g/mol. The van der Waals surface area contributed by atoms with Crippen molar-refractivity contribution in [3.8, 4) is 0 Å². The maximum atomic E-state index is 11.8. The quantitative estimate of drug-likeness (QED) is 0.0301. The molecule has 0 bridgehead atoms. The van der Waals surface area contributed by atoms with Gasteiger partial charge in [0.15, 0.2) is 16.3 Å². The second-order valence-corrected chi connectivity index (χ2v) is 8.41. The Labute approximate surface area is 193 Å². The van der Waals surface area contributed by atoms with E-state index in [2.05, 4.69) is 37.0 Å². The van der Waals surface area contributed by atoms with Gasteiger partial charge in [-0.05, 0) is 0 Å². The molecule has 2 heterocycles. The summed E-state index contributed by atoms with van der Waals surface area (Å²) >= 11 is 5.20. The number of nitrogens with two attached hydrogens (primary N) is 2. The Kier molecular flexibility index (Phi) is 17.1. The average Bonchev–Trinajstić information content (AvgIpc) is 3.14. The standard InChI is InChI=1S/C11H17N7O3S.C3H9O3PS.H2O2/c12-5-6(20)14-1-4-22-11-15-7-8(18(11)2-3-19)16-10(13)17-9(7)21;1-5-7(8)6-3-2-4;1-2/h19H,1-5,12H2,(H,14,20)(H3,13,16,17,21);4,8H,2-3H2,1H3;1-2H/p+1. The first-order valence-corrected chi connectivity index (χ1v) is 12.1. The molecule has 18 heteroatoms. The van der Waals surface area contributed by atoms with Crippen molar-refractivity contribution in [2.75, 3.05) is 51.5 Å². The number of aliphatic hydroxyl groups excluding tert-OH is 2. The first-order valence-electron chi connectivity index (χ1n) is 8.83. The lowest BCUT2D eigenvalue weighted by atomic mass is 10.5. The fraction of sp³-hybridized carbons (Fsp3) is 0.571. The Bertz CT molecular complexity index is 856. The summed E-state index contributed by atoms with van der Waals surface area (Å²) in [6.45, 7) is 0.772. The third kappa shape index (κ3) is 10.9. The first kappa shape index (κ1) is 30.5. The molecule has 1 unspecified atom stereocenters. The highest BCUT2D eigenvalue weighted by molar-refractivity contribution is 8.41. The average molecular weight is 519 g/mol. The van der Waals surface area contributed by atoms with Gasteiger partial charge in [0.05, 0.1) is 26.4 Å². The number of aliphatic hydroxyl groups is 2. The number of aromatic amines is 1. The number of H-pyrrole nitrogens is 1. The van der Waals surface area contributed by atoms with E-state index in [-0.39, 0.29) is 43.7 Å². The number of rotatable bonds is 11. The number of imidazole rings is 1. The topological polar surface area (TPSA) is 247 Å². The Balaban J connectivity index is 0.000000814. The molecule has 0 radical (unpaired) electrons. The van der Waals surface area contributed by atoms with Crippen molar-refractivity contribution in [2.24, 2.45) is 5.73 Å². The van der Waals surface area contributed by atoms with Gasteiger partial charge >= 0.3 is 0 Å². The molecule has 0 aliphatic rings. The third-order valence-corrected chi connectivity index (χ3v) is 5.73. The molecule has 184 valence electrons. The number of carbonyl (C=O) groups excluding carboxylic acids is 1. The van der Waals surface area contributed by atoms with E-state index in [0.717, 1.165) is 0 Å². The number of thiol groups is 1. The third-order valence-electron chi connectivity index (χ3n) is 3.20. The van der Waals surface area contributed by atoms with Crippen molar-refractivity contribution in [1.29, 1.82) is 0 Å². The zero-order valence-electron chi connectivity index (χ0n) is 17.2. The van der Waals surface area contributed by atoms with Gasteiger partial charge < -0.3 is 40.6 Å². The number of hydrogen-bond donors (Lipinski definition) is 8. The molecule has 1 amide bonds. The van der Waals surface area contributed by atoms with Gasteiger partial charge in [-0.25, -0.2) is 4.98 Å². The van der Waals surface area contributed by atoms with Gasteiger partial charge in [-0.2, -0.15) is 4.98 Å². The minimum Gasteiger partial charge on any atom is -0.395 e. The smallest absolute Gasteiger partial charge is 0.280 e. The molecule has 2 rings (SSSR count). The van der Waals surface area contributed by atoms with Gasteiger partial charge in [-0.15, -0.1) is 5.26 Å². The van der Waals surface area contributed by atoms with Crippen LogP contribution in [0.4, 0.5) is 5.95 Å². The minimum atomic E-state index is -1.05. The molecule has 0 aliphatic heterocycles. The number of hydrogen-bond acceptors (Lipinski definition) is 13. The van der Waals surface area contributed by atoms with Crippen LogP contribution in [0.25, 0.3) is 11.2 Å². The van der Waals surface area contributed by atoms with Crippen LogP contribution in [0.3, 0.4) is 0 Å². The van der Waals surface area contributed by atoms with Gasteiger partial charge in [0.1, 0.15) is 0 Å². The summed E-state index contributed by atoms with van der Waals surface area (Å²) in [6, 6.07) is 0. The SMILES string of the molecule is COP(S)OCCO.NCC(=O)NCCSc1nc2c(=O)[nH]c(N)nc2n1CCO.O[OH2+]. The van der Waals surface area contributed by atoms with E-state index in [1.54, 1.807) is 4.57 Å². The summed E-state index contributed by atoms with van der Waals surface area (Å²) in [6.07, 6.45) is 0. The molecule has 2 aromatic rings. The van der Waals surface area contributed by atoms with Crippen LogP contribution >= 0.6 is 31.6 Å². The van der Waals surface area contributed by atoms with Gasteiger partial charge in [0.25, 0.3) is 5.56 Å². The van der Waals surface area contributed by atoms with Crippen LogP contribution in [0.1, 0.15) is 0 Å². The molecule has 11 N–H and O–H groups in total. The van der Waals surface area contributed by atoms with E-state index in [0.29, 0.717) is 29.7 Å². The Hall–Kier alpha value is -1.53. The van der Waals surface area contributed by atoms with Crippen LogP contribution in [0, 0.1) is 0 Å². The van der Waals surface area contributed by atoms with Crippen LogP contribution in [0.2, 0.25) is 0 Å². The van der Waals surface area contributed by atoms with Gasteiger partial charge in [-0.3, -0.25) is 19.8 Å². The largest absolute Gasteiger partial charge is 0.395 e. The lowest BCUT2D eigenvalue weighted by molar-refractivity contribution is -0.176. The molecule has 0 fully saturated rings. The molecular formula is C14H29N7O8PS2+. The summed E-state index contributed by atoms with van der Waals surface area (Å²) in [5.74, 6) is 0.284. The number of carbonyl (C=O) groups is 1. The van der Waals surface area contributed by atoms with Crippen molar-refractivity contribution in [3.63, 3.8) is 0 Å². The molecule has 2 aromatic heterocycles. The highest BCUT2D eigenvalue weighted by Crippen LogP contribution is 2.41. The van der Waals surface area contributed by atoms with Crippen LogP contribution in [0.5, 0.6) is 0 Å². The number of fused-ring (bicyclic) bond motifs is 1. The van der Waals surface area contributed by atoms with Crippen molar-refractivity contribution in [1.82, 2.24) is 24.8 Å². The Morgan fingerprint density at radius 2 is 2.06 bits per heavy atom. The van der Waals surface area contributed by atoms with Gasteiger partial charge in [0, 0.05) is 26.0 Å². The van der Waals surface area contributed by atoms with Crippen molar-refractivity contribution in [2.45, 2.75) is 11.7 Å². The summed E-state index contributed by atoms with van der Waals surface area (Å²) < 4.78 is 11.1. The number of nitrogen functional groups attached to an aromatic ring is 1. The zero-order valence-corrected chi connectivity index (χ0v) is 19.8. The fourth-order valence-electron chi connectivity index (χ4n) is 2.00. The predicted octanol–water partition coefficient (Wildman–Crippen LogP) is -2.16. The number of amides is 1. The molecular weight excluding hydrogens is 489 g/mol. The summed E-state index contributed by atoms with van der Waals surface area (Å²) in [4.78, 5) is 33.5. The maximum Gasteiger partial charge on any atom is 0.280 e. The Morgan fingerprint density at radius 1 is 1.38 bits per heavy atom. The van der Waals surface area contributed by atoms with Crippen LogP contribution < -0.4 is 22.3 Å². The number of nitrogens with zero attached hydrogens (tertiary/aromatic N) is 3.